The Labute approximate surface area is 63.0 Å². The van der Waals surface area contributed by atoms with Crippen LogP contribution in [0.4, 0.5) is 0 Å². The van der Waals surface area contributed by atoms with Crippen LogP contribution in [0.15, 0.2) is 0 Å². The maximum Gasteiger partial charge on any atom is 0.0664 e. The van der Waals surface area contributed by atoms with Gasteiger partial charge in [-0.25, -0.2) is 0 Å². The second-order valence-electron chi connectivity index (χ2n) is 4.31. The summed E-state index contributed by atoms with van der Waals surface area (Å²) in [6, 6.07) is 2.40. The highest BCUT2D eigenvalue weighted by Crippen LogP contribution is 2.44. The zero-order valence-corrected chi connectivity index (χ0v) is 7.02. The molecule has 1 heteroatoms. The van der Waals surface area contributed by atoms with E-state index < -0.39 is 0 Å². The molecule has 1 nitrogen and oxygen atoms in total. The quantitative estimate of drug-likeness (QED) is 0.545. The summed E-state index contributed by atoms with van der Waals surface area (Å²) in [5, 5.41) is 8.82. The minimum atomic E-state index is 0.190. The van der Waals surface area contributed by atoms with Crippen LogP contribution in [-0.2, 0) is 0 Å². The minimum absolute atomic E-state index is 0.190. The van der Waals surface area contributed by atoms with Crippen molar-refractivity contribution < 1.29 is 0 Å². The number of rotatable bonds is 1. The van der Waals surface area contributed by atoms with Crippen LogP contribution in [0, 0.1) is 28.6 Å². The highest BCUT2D eigenvalue weighted by molar-refractivity contribution is 5.00. The van der Waals surface area contributed by atoms with Crippen LogP contribution in [0.5, 0.6) is 0 Å². The van der Waals surface area contributed by atoms with Crippen LogP contribution in [0.2, 0.25) is 0 Å². The van der Waals surface area contributed by atoms with Gasteiger partial charge in [-0.15, -0.1) is 0 Å². The first kappa shape index (κ1) is 7.60. The molecule has 1 aliphatic rings. The largest absolute Gasteiger partial charge is 0.198 e. The Kier molecular flexibility index (Phi) is 1.72. The molecule has 1 unspecified atom stereocenters. The third-order valence-corrected chi connectivity index (χ3v) is 2.17. The molecule has 0 heterocycles. The molecule has 0 aromatic carbocycles. The number of hydrogen-bond donors (Lipinski definition) is 0. The Morgan fingerprint density at radius 2 is 1.90 bits per heavy atom. The summed E-state index contributed by atoms with van der Waals surface area (Å²) >= 11 is 0. The van der Waals surface area contributed by atoms with Crippen LogP contribution in [0.1, 0.15) is 33.6 Å². The van der Waals surface area contributed by atoms with Gasteiger partial charge in [0.1, 0.15) is 0 Å². The van der Waals surface area contributed by atoms with Crippen molar-refractivity contribution in [3.05, 3.63) is 0 Å². The standard InChI is InChI=1S/C9H15N/c1-9(2,3)8(6-10)7-4-5-7/h7-8H,4-5H2,1-3H3. The second kappa shape index (κ2) is 2.27. The predicted molar refractivity (Wildman–Crippen MR) is 41.3 cm³/mol. The predicted octanol–water partition coefficient (Wildman–Crippen LogP) is 2.58. The van der Waals surface area contributed by atoms with Crippen molar-refractivity contribution in [2.24, 2.45) is 17.3 Å². The maximum absolute atomic E-state index is 8.82. The first-order valence-corrected chi connectivity index (χ1v) is 3.95. The summed E-state index contributed by atoms with van der Waals surface area (Å²) in [4.78, 5) is 0. The molecule has 0 amide bonds. The average Bonchev–Trinajstić information content (AvgIpc) is 2.46. The lowest BCUT2D eigenvalue weighted by atomic mass is 9.79. The fraction of sp³-hybridized carbons (Fsp3) is 0.889. The maximum atomic E-state index is 8.82. The van der Waals surface area contributed by atoms with E-state index in [2.05, 4.69) is 26.8 Å². The van der Waals surface area contributed by atoms with E-state index >= 15 is 0 Å². The Bertz CT molecular complexity index is 155. The van der Waals surface area contributed by atoms with Crippen LogP contribution < -0.4 is 0 Å². The lowest BCUT2D eigenvalue weighted by Crippen LogP contribution is -2.20. The summed E-state index contributed by atoms with van der Waals surface area (Å²) in [5.41, 5.74) is 0.190. The molecule has 56 valence electrons. The molecular weight excluding hydrogens is 122 g/mol. The van der Waals surface area contributed by atoms with Crippen LogP contribution in [-0.4, -0.2) is 0 Å². The van der Waals surface area contributed by atoms with E-state index in [1.165, 1.54) is 12.8 Å². The second-order valence-corrected chi connectivity index (χ2v) is 4.31. The molecule has 0 aromatic rings. The first-order chi connectivity index (χ1) is 4.55. The van der Waals surface area contributed by atoms with Gasteiger partial charge in [0.2, 0.25) is 0 Å². The van der Waals surface area contributed by atoms with E-state index in [0.29, 0.717) is 5.92 Å². The van der Waals surface area contributed by atoms with Gasteiger partial charge >= 0.3 is 0 Å². The molecule has 0 aromatic heterocycles. The van der Waals surface area contributed by atoms with Gasteiger partial charge in [0.05, 0.1) is 12.0 Å². The fourth-order valence-corrected chi connectivity index (χ4v) is 1.44. The van der Waals surface area contributed by atoms with Crippen LogP contribution in [0.3, 0.4) is 0 Å². The molecule has 1 atom stereocenters. The van der Waals surface area contributed by atoms with E-state index in [-0.39, 0.29) is 11.3 Å². The highest BCUT2D eigenvalue weighted by Gasteiger charge is 2.38. The Hall–Kier alpha value is -0.510. The normalized spacial score (nSPS) is 21.8. The van der Waals surface area contributed by atoms with Gasteiger partial charge in [-0.2, -0.15) is 5.26 Å². The summed E-state index contributed by atoms with van der Waals surface area (Å²) in [6.07, 6.45) is 2.55. The van der Waals surface area contributed by atoms with E-state index in [1.807, 2.05) is 0 Å². The molecule has 0 aliphatic heterocycles. The van der Waals surface area contributed by atoms with Gasteiger partial charge < -0.3 is 0 Å². The summed E-state index contributed by atoms with van der Waals surface area (Å²) in [5.74, 6) is 0.998. The van der Waals surface area contributed by atoms with E-state index in [4.69, 9.17) is 5.26 Å². The molecule has 1 rings (SSSR count). The minimum Gasteiger partial charge on any atom is -0.198 e. The third kappa shape index (κ3) is 1.50. The molecule has 0 N–H and O–H groups in total. The summed E-state index contributed by atoms with van der Waals surface area (Å²) < 4.78 is 0. The molecule has 0 spiro atoms. The summed E-state index contributed by atoms with van der Waals surface area (Å²) in [7, 11) is 0. The summed E-state index contributed by atoms with van der Waals surface area (Å²) in [6.45, 7) is 6.46. The average molecular weight is 137 g/mol. The third-order valence-electron chi connectivity index (χ3n) is 2.17. The Morgan fingerprint density at radius 3 is 2.00 bits per heavy atom. The molecule has 10 heavy (non-hydrogen) atoms. The van der Waals surface area contributed by atoms with Gasteiger partial charge in [0.15, 0.2) is 0 Å². The lowest BCUT2D eigenvalue weighted by Gasteiger charge is -2.24. The van der Waals surface area contributed by atoms with Crippen molar-refractivity contribution in [2.75, 3.05) is 0 Å². The Morgan fingerprint density at radius 1 is 1.40 bits per heavy atom. The number of hydrogen-bond acceptors (Lipinski definition) is 1. The SMILES string of the molecule is CC(C)(C)C(C#N)C1CC1. The van der Waals surface area contributed by atoms with E-state index in [1.54, 1.807) is 0 Å². The van der Waals surface area contributed by atoms with E-state index in [0.717, 1.165) is 0 Å². The van der Waals surface area contributed by atoms with Crippen molar-refractivity contribution in [1.82, 2.24) is 0 Å². The van der Waals surface area contributed by atoms with Gasteiger partial charge in [0.25, 0.3) is 0 Å². The van der Waals surface area contributed by atoms with Crippen molar-refractivity contribution >= 4 is 0 Å². The smallest absolute Gasteiger partial charge is 0.0664 e. The van der Waals surface area contributed by atoms with Gasteiger partial charge in [-0.3, -0.25) is 0 Å². The zero-order chi connectivity index (χ0) is 7.78. The van der Waals surface area contributed by atoms with Crippen molar-refractivity contribution in [1.29, 1.82) is 5.26 Å². The lowest BCUT2D eigenvalue weighted by molar-refractivity contribution is 0.272. The molecular formula is C9H15N. The van der Waals surface area contributed by atoms with E-state index in [9.17, 15) is 0 Å². The van der Waals surface area contributed by atoms with Gasteiger partial charge in [-0.1, -0.05) is 20.8 Å². The zero-order valence-electron chi connectivity index (χ0n) is 7.02. The topological polar surface area (TPSA) is 23.8 Å². The van der Waals surface area contributed by atoms with Crippen LogP contribution in [0.25, 0.3) is 0 Å². The number of nitriles is 1. The van der Waals surface area contributed by atoms with Gasteiger partial charge in [0, 0.05) is 0 Å². The number of nitrogens with zero attached hydrogens (tertiary/aromatic N) is 1. The van der Waals surface area contributed by atoms with Crippen molar-refractivity contribution in [2.45, 2.75) is 33.6 Å². The molecule has 1 fully saturated rings. The molecule has 1 aliphatic carbocycles. The molecule has 0 radical (unpaired) electrons. The van der Waals surface area contributed by atoms with Crippen LogP contribution >= 0.6 is 0 Å². The first-order valence-electron chi connectivity index (χ1n) is 3.95. The fourth-order valence-electron chi connectivity index (χ4n) is 1.44. The Balaban J connectivity index is 2.57. The van der Waals surface area contributed by atoms with Crippen molar-refractivity contribution in [3.8, 4) is 6.07 Å². The molecule has 0 bridgehead atoms. The monoisotopic (exact) mass is 137 g/mol. The molecule has 1 saturated carbocycles. The molecule has 0 saturated heterocycles. The van der Waals surface area contributed by atoms with Gasteiger partial charge in [-0.05, 0) is 24.2 Å². The highest BCUT2D eigenvalue weighted by atomic mass is 14.4. The van der Waals surface area contributed by atoms with Crippen molar-refractivity contribution in [3.63, 3.8) is 0 Å².